The molecule has 2 unspecified atom stereocenters. The van der Waals surface area contributed by atoms with Crippen molar-refractivity contribution >= 4 is 43.2 Å². The fourth-order valence-electron chi connectivity index (χ4n) is 1.92. The number of hydrogen-bond acceptors (Lipinski definition) is 2. The van der Waals surface area contributed by atoms with E-state index in [1.165, 1.54) is 15.8 Å². The minimum absolute atomic E-state index is 0.182. The van der Waals surface area contributed by atoms with Crippen molar-refractivity contribution < 1.29 is 0 Å². The lowest BCUT2D eigenvalue weighted by molar-refractivity contribution is 0.491. The molecule has 1 aliphatic rings. The van der Waals surface area contributed by atoms with Crippen LogP contribution in [0, 0.1) is 11.3 Å². The fourth-order valence-corrected chi connectivity index (χ4v) is 4.87. The molecule has 1 nitrogen and oxygen atoms in total. The van der Waals surface area contributed by atoms with Gasteiger partial charge in [0.05, 0.1) is 7.57 Å². The molecule has 1 fully saturated rings. The molecule has 1 heterocycles. The Hall–Kier alpha value is 0.620. The summed E-state index contributed by atoms with van der Waals surface area (Å²) < 4.78 is 2.31. The van der Waals surface area contributed by atoms with Crippen LogP contribution in [0.15, 0.2) is 13.6 Å². The monoisotopic (exact) mass is 337 g/mol. The lowest BCUT2D eigenvalue weighted by Crippen LogP contribution is -2.15. The summed E-state index contributed by atoms with van der Waals surface area (Å²) in [6.07, 6.45) is 1.24. The van der Waals surface area contributed by atoms with Crippen molar-refractivity contribution in [2.75, 3.05) is 0 Å². The second kappa shape index (κ2) is 3.58. The quantitative estimate of drug-likeness (QED) is 0.853. The van der Waals surface area contributed by atoms with Gasteiger partial charge in [0.2, 0.25) is 0 Å². The number of nitrogens with two attached hydrogens (primary N) is 1. The maximum absolute atomic E-state index is 6.25. The van der Waals surface area contributed by atoms with Gasteiger partial charge in [0.1, 0.15) is 0 Å². The zero-order valence-corrected chi connectivity index (χ0v) is 12.2. The van der Waals surface area contributed by atoms with Crippen molar-refractivity contribution in [3.8, 4) is 0 Å². The molecule has 1 aromatic heterocycles. The number of rotatable bonds is 2. The van der Waals surface area contributed by atoms with Crippen LogP contribution < -0.4 is 5.73 Å². The van der Waals surface area contributed by atoms with E-state index >= 15 is 0 Å². The first-order valence-electron chi connectivity index (χ1n) is 4.62. The van der Waals surface area contributed by atoms with Crippen LogP contribution in [0.5, 0.6) is 0 Å². The van der Waals surface area contributed by atoms with Gasteiger partial charge in [-0.3, -0.25) is 0 Å². The van der Waals surface area contributed by atoms with Gasteiger partial charge in [-0.1, -0.05) is 13.8 Å². The van der Waals surface area contributed by atoms with Gasteiger partial charge in [-0.15, -0.1) is 11.3 Å². The molecule has 2 N–H and O–H groups in total. The third kappa shape index (κ3) is 1.94. The van der Waals surface area contributed by atoms with Crippen LogP contribution in [0.4, 0.5) is 0 Å². The predicted octanol–water partition coefficient (Wildman–Crippen LogP) is 4.32. The van der Waals surface area contributed by atoms with Crippen LogP contribution in [0.2, 0.25) is 0 Å². The molecule has 1 aliphatic carbocycles. The zero-order chi connectivity index (χ0) is 10.5. The number of thiophene rings is 1. The summed E-state index contributed by atoms with van der Waals surface area (Å²) in [7, 11) is 0. The van der Waals surface area contributed by atoms with Crippen LogP contribution in [-0.2, 0) is 0 Å². The summed E-state index contributed by atoms with van der Waals surface area (Å²) in [5.74, 6) is 0.639. The van der Waals surface area contributed by atoms with Crippen LogP contribution in [-0.4, -0.2) is 0 Å². The van der Waals surface area contributed by atoms with Gasteiger partial charge in [0.15, 0.2) is 0 Å². The highest BCUT2D eigenvalue weighted by Gasteiger charge is 2.49. The van der Waals surface area contributed by atoms with Crippen LogP contribution in [0.25, 0.3) is 0 Å². The van der Waals surface area contributed by atoms with Gasteiger partial charge in [-0.25, -0.2) is 0 Å². The molecule has 0 saturated heterocycles. The normalized spacial score (nSPS) is 26.2. The molecule has 0 bridgehead atoms. The van der Waals surface area contributed by atoms with Crippen molar-refractivity contribution in [3.05, 3.63) is 19.2 Å². The summed E-state index contributed by atoms with van der Waals surface area (Å²) in [6, 6.07) is 2.32. The van der Waals surface area contributed by atoms with E-state index < -0.39 is 0 Å². The number of halogens is 2. The minimum Gasteiger partial charge on any atom is -0.324 e. The molecule has 78 valence electrons. The van der Waals surface area contributed by atoms with Gasteiger partial charge in [0, 0.05) is 6.04 Å². The lowest BCUT2D eigenvalue weighted by Gasteiger charge is -2.12. The van der Waals surface area contributed by atoms with Crippen molar-refractivity contribution in [1.82, 2.24) is 0 Å². The Morgan fingerprint density at radius 1 is 1.57 bits per heavy atom. The van der Waals surface area contributed by atoms with E-state index in [2.05, 4.69) is 51.8 Å². The average molecular weight is 339 g/mol. The van der Waals surface area contributed by atoms with Crippen molar-refractivity contribution in [1.29, 1.82) is 0 Å². The number of hydrogen-bond donors (Lipinski definition) is 1. The largest absolute Gasteiger partial charge is 0.324 e. The summed E-state index contributed by atoms with van der Waals surface area (Å²) in [4.78, 5) is 0. The second-order valence-electron chi connectivity index (χ2n) is 4.60. The van der Waals surface area contributed by atoms with Crippen molar-refractivity contribution in [2.45, 2.75) is 26.3 Å². The Morgan fingerprint density at radius 2 is 2.14 bits per heavy atom. The third-order valence-electron chi connectivity index (χ3n) is 3.07. The molecule has 0 radical (unpaired) electrons. The molecule has 1 saturated carbocycles. The summed E-state index contributed by atoms with van der Waals surface area (Å²) in [5, 5.41) is 0. The van der Waals surface area contributed by atoms with Crippen LogP contribution in [0.1, 0.15) is 31.9 Å². The maximum Gasteiger partial charge on any atom is 0.0758 e. The Bertz CT molecular complexity index is 359. The highest BCUT2D eigenvalue weighted by Crippen LogP contribution is 2.58. The van der Waals surface area contributed by atoms with Crippen molar-refractivity contribution in [3.63, 3.8) is 0 Å². The third-order valence-corrected chi connectivity index (χ3v) is 5.45. The van der Waals surface area contributed by atoms with E-state index in [1.807, 2.05) is 0 Å². The smallest absolute Gasteiger partial charge is 0.0758 e. The highest BCUT2D eigenvalue weighted by atomic mass is 79.9. The second-order valence-corrected chi connectivity index (χ2v) is 8.35. The predicted molar refractivity (Wildman–Crippen MR) is 68.5 cm³/mol. The Balaban J connectivity index is 2.20. The highest BCUT2D eigenvalue weighted by molar-refractivity contribution is 9.12. The fraction of sp³-hybridized carbons (Fsp3) is 0.600. The van der Waals surface area contributed by atoms with E-state index in [1.54, 1.807) is 11.3 Å². The minimum atomic E-state index is 0.182. The summed E-state index contributed by atoms with van der Waals surface area (Å²) in [5.41, 5.74) is 7.93. The molecule has 14 heavy (non-hydrogen) atoms. The SMILES string of the molecule is CC1(C)CC1C(N)c1cc(Br)sc1Br. The molecule has 0 aromatic carbocycles. The van der Waals surface area contributed by atoms with E-state index in [-0.39, 0.29) is 6.04 Å². The molecular formula is C10H13Br2NS. The first-order chi connectivity index (χ1) is 6.42. The van der Waals surface area contributed by atoms with E-state index in [9.17, 15) is 0 Å². The standard InChI is InChI=1S/C10H13Br2NS/c1-10(2)4-6(10)8(13)5-3-7(11)14-9(5)12/h3,6,8H,4,13H2,1-2H3. The molecule has 0 aliphatic heterocycles. The molecule has 4 heteroatoms. The molecule has 0 spiro atoms. The van der Waals surface area contributed by atoms with Crippen LogP contribution in [0.3, 0.4) is 0 Å². The Kier molecular flexibility index (Phi) is 2.84. The van der Waals surface area contributed by atoms with Crippen LogP contribution >= 0.6 is 43.2 Å². The van der Waals surface area contributed by atoms with E-state index in [0.717, 1.165) is 3.79 Å². The van der Waals surface area contributed by atoms with Gasteiger partial charge >= 0.3 is 0 Å². The molecular weight excluding hydrogens is 326 g/mol. The molecule has 0 amide bonds. The van der Waals surface area contributed by atoms with E-state index in [0.29, 0.717) is 11.3 Å². The zero-order valence-electron chi connectivity index (χ0n) is 8.18. The van der Waals surface area contributed by atoms with Crippen molar-refractivity contribution in [2.24, 2.45) is 17.1 Å². The summed E-state index contributed by atoms with van der Waals surface area (Å²) >= 11 is 8.74. The van der Waals surface area contributed by atoms with E-state index in [4.69, 9.17) is 5.73 Å². The van der Waals surface area contributed by atoms with Gasteiger partial charge in [0.25, 0.3) is 0 Å². The Labute approximate surface area is 105 Å². The maximum atomic E-state index is 6.25. The lowest BCUT2D eigenvalue weighted by atomic mass is 10.0. The molecule has 1 aromatic rings. The summed E-state index contributed by atoms with van der Waals surface area (Å²) in [6.45, 7) is 4.57. The van der Waals surface area contributed by atoms with Gasteiger partial charge in [-0.05, 0) is 61.2 Å². The van der Waals surface area contributed by atoms with Gasteiger partial charge in [-0.2, -0.15) is 0 Å². The molecule has 2 rings (SSSR count). The first-order valence-corrected chi connectivity index (χ1v) is 7.02. The van der Waals surface area contributed by atoms with Gasteiger partial charge < -0.3 is 5.73 Å². The Morgan fingerprint density at radius 3 is 2.50 bits per heavy atom. The topological polar surface area (TPSA) is 26.0 Å². The molecule has 2 atom stereocenters. The first kappa shape index (κ1) is 11.1. The average Bonchev–Trinajstić information content (AvgIpc) is 2.55.